The summed E-state index contributed by atoms with van der Waals surface area (Å²) in [4.78, 5) is 24.1. The second kappa shape index (κ2) is 10.3. The number of carbonyl (C=O) groups is 2. The van der Waals surface area contributed by atoms with Gasteiger partial charge in [0.05, 0.1) is 31.4 Å². The van der Waals surface area contributed by atoms with Crippen LogP contribution in [0.15, 0.2) is 24.4 Å². The van der Waals surface area contributed by atoms with Gasteiger partial charge in [-0.1, -0.05) is 18.2 Å². The fourth-order valence-corrected chi connectivity index (χ4v) is 3.40. The Kier molecular flexibility index (Phi) is 8.10. The van der Waals surface area contributed by atoms with Gasteiger partial charge in [0.2, 0.25) is 0 Å². The van der Waals surface area contributed by atoms with E-state index in [1.165, 1.54) is 7.11 Å². The molecule has 0 aliphatic carbocycles. The zero-order valence-corrected chi connectivity index (χ0v) is 17.9. The van der Waals surface area contributed by atoms with E-state index >= 15 is 0 Å². The number of ether oxygens (including phenoxy) is 4. The molecule has 29 heavy (non-hydrogen) atoms. The maximum absolute atomic E-state index is 12.5. The smallest absolute Gasteiger partial charge is 0.344 e. The lowest BCUT2D eigenvalue weighted by atomic mass is 9.89. The molecule has 1 fully saturated rings. The number of thiocarbonyl (C=S) groups is 1. The Morgan fingerprint density at radius 3 is 2.55 bits per heavy atom. The number of hydrogen-bond donors (Lipinski definition) is 2. The van der Waals surface area contributed by atoms with Crippen molar-refractivity contribution >= 4 is 40.9 Å². The second-order valence-electron chi connectivity index (χ2n) is 5.96. The minimum atomic E-state index is -0.742. The monoisotopic (exact) mass is 442 g/mol. The van der Waals surface area contributed by atoms with Crippen LogP contribution in [0.2, 0.25) is 5.02 Å². The van der Waals surface area contributed by atoms with E-state index in [1.54, 1.807) is 26.0 Å². The van der Waals surface area contributed by atoms with E-state index in [2.05, 4.69) is 17.2 Å². The fraction of sp³-hybridized carbons (Fsp3) is 0.421. The average molecular weight is 443 g/mol. The molecule has 0 spiro atoms. The number of nitrogens with one attached hydrogen (secondary N) is 2. The van der Waals surface area contributed by atoms with E-state index in [0.717, 1.165) is 0 Å². The van der Waals surface area contributed by atoms with E-state index in [0.29, 0.717) is 16.4 Å². The van der Waals surface area contributed by atoms with Crippen molar-refractivity contribution in [2.75, 3.05) is 26.9 Å². The standard InChI is InChI=1S/C19H23ClN2O6S/c1-5-26-14(23)9-28-17-12(20)7-11(8-13(17)25-4)16-15(18(24)27-6-2)10(3)21-19(29)22-16/h7-8,15-16H,3,5-6,9H2,1-2,4H3,(H2,21,22,29)/t15-,16+/m1/s1. The molecule has 1 aromatic carbocycles. The van der Waals surface area contributed by atoms with E-state index < -0.39 is 23.9 Å². The van der Waals surface area contributed by atoms with Crippen molar-refractivity contribution < 1.29 is 28.5 Å². The van der Waals surface area contributed by atoms with Crippen LogP contribution < -0.4 is 20.1 Å². The van der Waals surface area contributed by atoms with E-state index in [-0.39, 0.29) is 36.3 Å². The number of hydrogen-bond acceptors (Lipinski definition) is 7. The van der Waals surface area contributed by atoms with E-state index in [4.69, 9.17) is 42.8 Å². The van der Waals surface area contributed by atoms with Crippen LogP contribution in [-0.4, -0.2) is 44.0 Å². The number of carbonyl (C=O) groups excluding carboxylic acids is 2. The number of benzene rings is 1. The fourth-order valence-electron chi connectivity index (χ4n) is 2.86. The van der Waals surface area contributed by atoms with Gasteiger partial charge in [0.25, 0.3) is 0 Å². The molecule has 10 heteroatoms. The molecule has 1 aromatic rings. The predicted octanol–water partition coefficient (Wildman–Crippen LogP) is 2.50. The highest BCUT2D eigenvalue weighted by Gasteiger charge is 2.38. The normalized spacial score (nSPS) is 18.3. The van der Waals surface area contributed by atoms with Crippen molar-refractivity contribution in [1.29, 1.82) is 0 Å². The summed E-state index contributed by atoms with van der Waals surface area (Å²) < 4.78 is 20.9. The summed E-state index contributed by atoms with van der Waals surface area (Å²) in [6, 6.07) is 2.67. The van der Waals surface area contributed by atoms with Crippen molar-refractivity contribution in [3.63, 3.8) is 0 Å². The largest absolute Gasteiger partial charge is 0.493 e. The summed E-state index contributed by atoms with van der Waals surface area (Å²) in [6.45, 7) is 7.47. The van der Waals surface area contributed by atoms with Gasteiger partial charge < -0.3 is 29.6 Å². The first-order chi connectivity index (χ1) is 13.8. The quantitative estimate of drug-likeness (QED) is 0.465. The highest BCUT2D eigenvalue weighted by Crippen LogP contribution is 2.40. The summed E-state index contributed by atoms with van der Waals surface area (Å²) in [7, 11) is 1.44. The van der Waals surface area contributed by atoms with Crippen LogP contribution in [-0.2, 0) is 19.1 Å². The lowest BCUT2D eigenvalue weighted by Gasteiger charge is -2.35. The van der Waals surface area contributed by atoms with Crippen LogP contribution in [0, 0.1) is 5.92 Å². The van der Waals surface area contributed by atoms with Crippen molar-refractivity contribution in [2.45, 2.75) is 19.9 Å². The van der Waals surface area contributed by atoms with Crippen molar-refractivity contribution in [1.82, 2.24) is 10.6 Å². The average Bonchev–Trinajstić information content (AvgIpc) is 2.66. The van der Waals surface area contributed by atoms with E-state index in [9.17, 15) is 9.59 Å². The predicted molar refractivity (Wildman–Crippen MR) is 111 cm³/mol. The van der Waals surface area contributed by atoms with E-state index in [1.807, 2.05) is 0 Å². The Balaban J connectivity index is 2.37. The van der Waals surface area contributed by atoms with Crippen molar-refractivity contribution in [2.24, 2.45) is 5.92 Å². The number of methoxy groups -OCH3 is 1. The van der Waals surface area contributed by atoms with Gasteiger partial charge in [-0.15, -0.1) is 0 Å². The van der Waals surface area contributed by atoms with Gasteiger partial charge in [0.1, 0.15) is 5.92 Å². The molecule has 158 valence electrons. The Hall–Kier alpha value is -2.52. The van der Waals surface area contributed by atoms with Crippen LogP contribution in [0.25, 0.3) is 0 Å². The Bertz CT molecular complexity index is 816. The minimum Gasteiger partial charge on any atom is -0.493 e. The van der Waals surface area contributed by atoms with Crippen molar-refractivity contribution in [3.8, 4) is 11.5 Å². The molecule has 8 nitrogen and oxygen atoms in total. The lowest BCUT2D eigenvalue weighted by molar-refractivity contribution is -0.148. The highest BCUT2D eigenvalue weighted by atomic mass is 35.5. The third-order valence-corrected chi connectivity index (χ3v) is 4.56. The summed E-state index contributed by atoms with van der Waals surface area (Å²) in [6.07, 6.45) is 0. The topological polar surface area (TPSA) is 95.1 Å². The number of halogens is 1. The van der Waals surface area contributed by atoms with Crippen LogP contribution in [0.4, 0.5) is 0 Å². The van der Waals surface area contributed by atoms with Crippen LogP contribution in [0.5, 0.6) is 11.5 Å². The number of esters is 2. The molecule has 0 radical (unpaired) electrons. The molecule has 1 saturated heterocycles. The van der Waals surface area contributed by atoms with Crippen LogP contribution in [0.1, 0.15) is 25.5 Å². The SMILES string of the molecule is C=C1NC(=S)N[C@@H](c2cc(Cl)c(OCC(=O)OCC)c(OC)c2)[C@@H]1C(=O)OCC. The Labute approximate surface area is 179 Å². The zero-order chi connectivity index (χ0) is 21.6. The minimum absolute atomic E-state index is 0.189. The van der Waals surface area contributed by atoms with Crippen LogP contribution >= 0.6 is 23.8 Å². The van der Waals surface area contributed by atoms with Gasteiger partial charge in [-0.05, 0) is 43.8 Å². The summed E-state index contributed by atoms with van der Waals surface area (Å²) in [5.41, 5.74) is 1.02. The second-order valence-corrected chi connectivity index (χ2v) is 6.77. The van der Waals surface area contributed by atoms with Gasteiger partial charge in [-0.3, -0.25) is 4.79 Å². The van der Waals surface area contributed by atoms with Gasteiger partial charge in [-0.2, -0.15) is 0 Å². The van der Waals surface area contributed by atoms with Crippen LogP contribution in [0.3, 0.4) is 0 Å². The van der Waals surface area contributed by atoms with Gasteiger partial charge in [0, 0.05) is 5.70 Å². The molecule has 1 aliphatic heterocycles. The van der Waals surface area contributed by atoms with Gasteiger partial charge in [-0.25, -0.2) is 4.79 Å². The molecule has 2 rings (SSSR count). The first-order valence-corrected chi connectivity index (χ1v) is 9.69. The Morgan fingerprint density at radius 2 is 1.93 bits per heavy atom. The molecule has 0 bridgehead atoms. The molecule has 2 N–H and O–H groups in total. The molecular formula is C19H23ClN2O6S. The molecule has 1 aliphatic rings. The molecular weight excluding hydrogens is 420 g/mol. The highest BCUT2D eigenvalue weighted by molar-refractivity contribution is 7.80. The lowest BCUT2D eigenvalue weighted by Crippen LogP contribution is -2.51. The molecule has 1 heterocycles. The van der Waals surface area contributed by atoms with Gasteiger partial charge >= 0.3 is 11.9 Å². The third-order valence-electron chi connectivity index (χ3n) is 4.06. The third kappa shape index (κ3) is 5.51. The maximum atomic E-state index is 12.5. The number of rotatable bonds is 8. The summed E-state index contributed by atoms with van der Waals surface area (Å²) in [5.74, 6) is -1.25. The first kappa shape index (κ1) is 22.8. The first-order valence-electron chi connectivity index (χ1n) is 8.91. The summed E-state index contributed by atoms with van der Waals surface area (Å²) in [5, 5.41) is 6.41. The molecule has 0 aromatic heterocycles. The maximum Gasteiger partial charge on any atom is 0.344 e. The van der Waals surface area contributed by atoms with Crippen molar-refractivity contribution in [3.05, 3.63) is 35.0 Å². The molecule has 0 amide bonds. The zero-order valence-electron chi connectivity index (χ0n) is 16.4. The Morgan fingerprint density at radius 1 is 1.24 bits per heavy atom. The molecule has 0 unspecified atom stereocenters. The van der Waals surface area contributed by atoms with Gasteiger partial charge in [0.15, 0.2) is 23.2 Å². The molecule has 0 saturated carbocycles. The molecule has 2 atom stereocenters. The summed E-state index contributed by atoms with van der Waals surface area (Å²) >= 11 is 11.6.